The third-order valence-electron chi connectivity index (χ3n) is 2.96. The highest BCUT2D eigenvalue weighted by molar-refractivity contribution is 6.46. The molecular formula is C11H23BO2. The zero-order valence-electron chi connectivity index (χ0n) is 9.95. The van der Waals surface area contributed by atoms with Gasteiger partial charge in [-0.25, -0.2) is 0 Å². The summed E-state index contributed by atoms with van der Waals surface area (Å²) in [7, 11) is 0.0166. The Labute approximate surface area is 88.5 Å². The van der Waals surface area contributed by atoms with Crippen LogP contribution < -0.4 is 0 Å². The molecule has 0 saturated carbocycles. The fourth-order valence-electron chi connectivity index (χ4n) is 1.85. The molecule has 2 nitrogen and oxygen atoms in total. The van der Waals surface area contributed by atoms with Crippen molar-refractivity contribution in [3.63, 3.8) is 0 Å². The maximum atomic E-state index is 5.84. The van der Waals surface area contributed by atoms with Crippen molar-refractivity contribution in [1.82, 2.24) is 0 Å². The summed E-state index contributed by atoms with van der Waals surface area (Å²) in [4.78, 5) is 0. The fraction of sp³-hybridized carbons (Fsp3) is 1.00. The molecule has 1 aliphatic heterocycles. The Morgan fingerprint density at radius 1 is 1.43 bits per heavy atom. The Morgan fingerprint density at radius 3 is 2.64 bits per heavy atom. The average molecular weight is 198 g/mol. The summed E-state index contributed by atoms with van der Waals surface area (Å²) < 4.78 is 11.5. The highest BCUT2D eigenvalue weighted by Gasteiger charge is 2.34. The van der Waals surface area contributed by atoms with E-state index in [-0.39, 0.29) is 7.12 Å². The van der Waals surface area contributed by atoms with Gasteiger partial charge in [-0.3, -0.25) is 0 Å². The van der Waals surface area contributed by atoms with Gasteiger partial charge in [-0.2, -0.15) is 0 Å². The first-order chi connectivity index (χ1) is 6.65. The minimum atomic E-state index is 0.0166. The lowest BCUT2D eigenvalue weighted by Crippen LogP contribution is -2.42. The van der Waals surface area contributed by atoms with Gasteiger partial charge in [0.2, 0.25) is 0 Å². The van der Waals surface area contributed by atoms with Crippen molar-refractivity contribution in [3.8, 4) is 0 Å². The monoisotopic (exact) mass is 198 g/mol. The van der Waals surface area contributed by atoms with Crippen LogP contribution in [0.1, 0.15) is 47.0 Å². The second kappa shape index (κ2) is 5.77. The van der Waals surface area contributed by atoms with Crippen LogP contribution in [0, 0.1) is 5.92 Å². The van der Waals surface area contributed by atoms with Gasteiger partial charge in [-0.05, 0) is 19.2 Å². The number of hydrogen-bond acceptors (Lipinski definition) is 2. The van der Waals surface area contributed by atoms with E-state index in [1.807, 2.05) is 0 Å². The van der Waals surface area contributed by atoms with E-state index >= 15 is 0 Å². The topological polar surface area (TPSA) is 18.5 Å². The zero-order chi connectivity index (χ0) is 10.6. The van der Waals surface area contributed by atoms with Gasteiger partial charge in [0, 0.05) is 18.6 Å². The van der Waals surface area contributed by atoms with E-state index in [9.17, 15) is 0 Å². The highest BCUT2D eigenvalue weighted by atomic mass is 16.6. The SMILES string of the molecule is CCCC[C@@H]1COB(C(C)C)O[C@H]1C. The Morgan fingerprint density at radius 2 is 2.14 bits per heavy atom. The van der Waals surface area contributed by atoms with Gasteiger partial charge < -0.3 is 9.31 Å². The first-order valence-corrected chi connectivity index (χ1v) is 5.92. The van der Waals surface area contributed by atoms with E-state index in [1.165, 1.54) is 19.3 Å². The molecule has 1 saturated heterocycles. The molecule has 0 spiro atoms. The molecule has 2 atom stereocenters. The summed E-state index contributed by atoms with van der Waals surface area (Å²) in [6.45, 7) is 9.57. The predicted molar refractivity (Wildman–Crippen MR) is 60.4 cm³/mol. The first-order valence-electron chi connectivity index (χ1n) is 5.92. The molecule has 0 aromatic heterocycles. The molecule has 0 aliphatic carbocycles. The Balaban J connectivity index is 2.32. The van der Waals surface area contributed by atoms with Crippen molar-refractivity contribution >= 4 is 7.12 Å². The Hall–Kier alpha value is -0.0151. The molecule has 0 aromatic rings. The normalized spacial score (nSPS) is 28.5. The molecular weight excluding hydrogens is 175 g/mol. The maximum Gasteiger partial charge on any atom is 0.459 e. The molecule has 1 heterocycles. The second-order valence-corrected chi connectivity index (χ2v) is 4.69. The third-order valence-corrected chi connectivity index (χ3v) is 2.96. The standard InChI is InChI=1S/C11H23BO2/c1-5-6-7-11-8-13-12(9(2)3)14-10(11)4/h9-11H,5-8H2,1-4H3/t10-,11+/m0/s1. The molecule has 1 rings (SSSR count). The van der Waals surface area contributed by atoms with Crippen molar-refractivity contribution in [3.05, 3.63) is 0 Å². The zero-order valence-corrected chi connectivity index (χ0v) is 9.95. The molecule has 3 heteroatoms. The number of rotatable bonds is 4. The van der Waals surface area contributed by atoms with Gasteiger partial charge in [-0.15, -0.1) is 0 Å². The fourth-order valence-corrected chi connectivity index (χ4v) is 1.85. The van der Waals surface area contributed by atoms with E-state index < -0.39 is 0 Å². The van der Waals surface area contributed by atoms with Crippen molar-refractivity contribution in [2.45, 2.75) is 58.9 Å². The summed E-state index contributed by atoms with van der Waals surface area (Å²) in [5.41, 5.74) is 0. The molecule has 1 fully saturated rings. The Bertz CT molecular complexity index is 161. The number of hydrogen-bond donors (Lipinski definition) is 0. The summed E-state index contributed by atoms with van der Waals surface area (Å²) >= 11 is 0. The van der Waals surface area contributed by atoms with E-state index in [0.717, 1.165) is 6.61 Å². The van der Waals surface area contributed by atoms with Crippen LogP contribution in [0.3, 0.4) is 0 Å². The molecule has 14 heavy (non-hydrogen) atoms. The van der Waals surface area contributed by atoms with Crippen molar-refractivity contribution in [2.24, 2.45) is 5.92 Å². The quantitative estimate of drug-likeness (QED) is 0.646. The molecule has 0 N–H and O–H groups in total. The lowest BCUT2D eigenvalue weighted by molar-refractivity contribution is 0.0152. The van der Waals surface area contributed by atoms with Gasteiger partial charge in [-0.1, -0.05) is 33.6 Å². The number of unbranched alkanes of at least 4 members (excludes halogenated alkanes) is 1. The molecule has 0 aromatic carbocycles. The van der Waals surface area contributed by atoms with Crippen LogP contribution in [0.5, 0.6) is 0 Å². The third kappa shape index (κ3) is 3.28. The summed E-state index contributed by atoms with van der Waals surface area (Å²) in [5.74, 6) is 1.06. The molecule has 0 radical (unpaired) electrons. The molecule has 0 amide bonds. The second-order valence-electron chi connectivity index (χ2n) is 4.69. The van der Waals surface area contributed by atoms with E-state index in [1.54, 1.807) is 0 Å². The van der Waals surface area contributed by atoms with Crippen molar-refractivity contribution in [1.29, 1.82) is 0 Å². The largest absolute Gasteiger partial charge is 0.459 e. The molecule has 0 bridgehead atoms. The Kier molecular flexibility index (Phi) is 4.97. The summed E-state index contributed by atoms with van der Waals surface area (Å²) in [6, 6.07) is 0. The van der Waals surface area contributed by atoms with Gasteiger partial charge in [0.15, 0.2) is 0 Å². The molecule has 1 aliphatic rings. The van der Waals surface area contributed by atoms with Crippen LogP contribution in [0.25, 0.3) is 0 Å². The maximum absolute atomic E-state index is 5.84. The summed E-state index contributed by atoms with van der Waals surface area (Å²) in [5, 5.41) is 0. The lowest BCUT2D eigenvalue weighted by atomic mass is 9.72. The van der Waals surface area contributed by atoms with Gasteiger partial charge in [0.05, 0.1) is 0 Å². The van der Waals surface area contributed by atoms with Crippen LogP contribution in [0.15, 0.2) is 0 Å². The molecule has 82 valence electrons. The van der Waals surface area contributed by atoms with Crippen LogP contribution in [-0.4, -0.2) is 19.8 Å². The van der Waals surface area contributed by atoms with Crippen LogP contribution in [-0.2, 0) is 9.31 Å². The first kappa shape index (κ1) is 12.1. The van der Waals surface area contributed by atoms with Crippen LogP contribution in [0.4, 0.5) is 0 Å². The predicted octanol–water partition coefficient (Wildman–Crippen LogP) is 3.13. The lowest BCUT2D eigenvalue weighted by Gasteiger charge is -2.34. The summed E-state index contributed by atoms with van der Waals surface area (Å²) in [6.07, 6.45) is 4.15. The minimum Gasteiger partial charge on any atom is -0.411 e. The van der Waals surface area contributed by atoms with Crippen molar-refractivity contribution in [2.75, 3.05) is 6.61 Å². The van der Waals surface area contributed by atoms with E-state index in [4.69, 9.17) is 9.31 Å². The van der Waals surface area contributed by atoms with Crippen LogP contribution in [0.2, 0.25) is 5.82 Å². The van der Waals surface area contributed by atoms with Gasteiger partial charge in [0.25, 0.3) is 0 Å². The minimum absolute atomic E-state index is 0.0166. The van der Waals surface area contributed by atoms with E-state index in [2.05, 4.69) is 27.7 Å². The van der Waals surface area contributed by atoms with Crippen LogP contribution >= 0.6 is 0 Å². The van der Waals surface area contributed by atoms with E-state index in [0.29, 0.717) is 17.8 Å². The van der Waals surface area contributed by atoms with Crippen molar-refractivity contribution < 1.29 is 9.31 Å². The smallest absolute Gasteiger partial charge is 0.411 e. The highest BCUT2D eigenvalue weighted by Crippen LogP contribution is 2.25. The molecule has 0 unspecified atom stereocenters. The van der Waals surface area contributed by atoms with Gasteiger partial charge >= 0.3 is 7.12 Å². The van der Waals surface area contributed by atoms with Gasteiger partial charge in [0.1, 0.15) is 0 Å². The average Bonchev–Trinajstić information content (AvgIpc) is 2.15.